The van der Waals surface area contributed by atoms with E-state index in [1.165, 1.54) is 22.7 Å². The summed E-state index contributed by atoms with van der Waals surface area (Å²) in [5, 5.41) is 0.886. The Morgan fingerprint density at radius 1 is 1.14 bits per heavy atom. The van der Waals surface area contributed by atoms with Gasteiger partial charge in [-0.3, -0.25) is 14.5 Å². The minimum absolute atomic E-state index is 0.0163. The largest absolute Gasteiger partial charge is 0.378 e. The highest BCUT2D eigenvalue weighted by atomic mass is 32.2. The van der Waals surface area contributed by atoms with Gasteiger partial charge in [-0.05, 0) is 19.1 Å². The molecule has 0 radical (unpaired) electrons. The van der Waals surface area contributed by atoms with Gasteiger partial charge in [0.15, 0.2) is 0 Å². The van der Waals surface area contributed by atoms with Crippen LogP contribution in [-0.2, 0) is 21.3 Å². The Morgan fingerprint density at radius 2 is 1.79 bits per heavy atom. The molecule has 1 aliphatic rings. The minimum Gasteiger partial charge on any atom is -0.378 e. The van der Waals surface area contributed by atoms with Crippen molar-refractivity contribution in [1.29, 1.82) is 0 Å². The molecule has 0 N–H and O–H groups in total. The SMILES string of the molecule is Cc1ncc(CN(C)S(=O)(=O)CCOCCN2C(=O)c3ccccc3C2=O)s1. The molecular formula is C18H21N3O5S2. The van der Waals surface area contributed by atoms with Crippen LogP contribution in [0.25, 0.3) is 0 Å². The molecule has 0 unspecified atom stereocenters. The molecule has 10 heteroatoms. The summed E-state index contributed by atoms with van der Waals surface area (Å²) in [7, 11) is -1.96. The Balaban J connectivity index is 1.43. The van der Waals surface area contributed by atoms with Crippen LogP contribution in [0.15, 0.2) is 30.5 Å². The molecule has 0 saturated heterocycles. The standard InChI is InChI=1S/C18H21N3O5S2/c1-13-19-11-14(27-13)12-20(2)28(24,25)10-9-26-8-7-21-17(22)15-5-3-4-6-16(15)18(21)23/h3-6,11H,7-10,12H2,1-2H3. The highest BCUT2D eigenvalue weighted by Gasteiger charge is 2.34. The van der Waals surface area contributed by atoms with Crippen LogP contribution >= 0.6 is 11.3 Å². The first-order valence-corrected chi connectivity index (χ1v) is 11.1. The van der Waals surface area contributed by atoms with Gasteiger partial charge in [-0.15, -0.1) is 11.3 Å². The number of imide groups is 1. The number of aryl methyl sites for hydroxylation is 1. The number of nitrogens with zero attached hydrogens (tertiary/aromatic N) is 3. The Kier molecular flexibility index (Phi) is 6.23. The van der Waals surface area contributed by atoms with E-state index in [0.29, 0.717) is 11.1 Å². The molecule has 0 saturated carbocycles. The van der Waals surface area contributed by atoms with Gasteiger partial charge in [0.25, 0.3) is 11.8 Å². The highest BCUT2D eigenvalue weighted by Crippen LogP contribution is 2.22. The number of thiazole rings is 1. The Bertz CT molecular complexity index is 952. The maximum absolute atomic E-state index is 12.3. The first kappa shape index (κ1) is 20.6. The number of fused-ring (bicyclic) bond motifs is 1. The molecule has 8 nitrogen and oxygen atoms in total. The molecule has 0 aliphatic carbocycles. The van der Waals surface area contributed by atoms with Crippen molar-refractivity contribution in [2.75, 3.05) is 32.6 Å². The van der Waals surface area contributed by atoms with Crippen LogP contribution < -0.4 is 0 Å². The molecule has 0 spiro atoms. The van der Waals surface area contributed by atoms with Crippen LogP contribution in [0.4, 0.5) is 0 Å². The molecule has 3 rings (SSSR count). The molecule has 0 bridgehead atoms. The van der Waals surface area contributed by atoms with E-state index < -0.39 is 10.0 Å². The van der Waals surface area contributed by atoms with Crippen molar-refractivity contribution < 1.29 is 22.7 Å². The van der Waals surface area contributed by atoms with Gasteiger partial charge in [-0.2, -0.15) is 4.31 Å². The lowest BCUT2D eigenvalue weighted by molar-refractivity contribution is 0.0575. The third kappa shape index (κ3) is 4.46. The number of rotatable bonds is 9. The van der Waals surface area contributed by atoms with Crippen LogP contribution in [0.5, 0.6) is 0 Å². The number of amides is 2. The van der Waals surface area contributed by atoms with Crippen LogP contribution in [0, 0.1) is 6.92 Å². The average molecular weight is 424 g/mol. The lowest BCUT2D eigenvalue weighted by Gasteiger charge is -2.17. The van der Waals surface area contributed by atoms with Gasteiger partial charge in [0.2, 0.25) is 10.0 Å². The van der Waals surface area contributed by atoms with Crippen molar-refractivity contribution in [3.8, 4) is 0 Å². The van der Waals surface area contributed by atoms with E-state index in [4.69, 9.17) is 4.74 Å². The summed E-state index contributed by atoms with van der Waals surface area (Å²) in [5.74, 6) is -0.878. The fourth-order valence-corrected chi connectivity index (χ4v) is 4.72. The van der Waals surface area contributed by atoms with Gasteiger partial charge in [0.1, 0.15) is 0 Å². The second kappa shape index (κ2) is 8.48. The van der Waals surface area contributed by atoms with Gasteiger partial charge in [0, 0.05) is 24.7 Å². The molecule has 2 heterocycles. The summed E-state index contributed by atoms with van der Waals surface area (Å²) in [5.41, 5.74) is 0.769. The summed E-state index contributed by atoms with van der Waals surface area (Å²) in [6, 6.07) is 6.64. The molecule has 28 heavy (non-hydrogen) atoms. The maximum atomic E-state index is 12.3. The van der Waals surface area contributed by atoms with Crippen LogP contribution in [0.1, 0.15) is 30.6 Å². The third-order valence-electron chi connectivity index (χ3n) is 4.35. The number of benzene rings is 1. The normalized spacial score (nSPS) is 14.2. The van der Waals surface area contributed by atoms with E-state index in [9.17, 15) is 18.0 Å². The smallest absolute Gasteiger partial charge is 0.261 e. The fourth-order valence-electron chi connectivity index (χ4n) is 2.82. The molecule has 2 aromatic rings. The van der Waals surface area contributed by atoms with Gasteiger partial charge >= 0.3 is 0 Å². The molecule has 150 valence electrons. The van der Waals surface area contributed by atoms with Crippen LogP contribution in [-0.4, -0.2) is 67.0 Å². The van der Waals surface area contributed by atoms with Crippen molar-refractivity contribution in [2.45, 2.75) is 13.5 Å². The topological polar surface area (TPSA) is 96.9 Å². The van der Waals surface area contributed by atoms with E-state index in [-0.39, 0.29) is 43.9 Å². The maximum Gasteiger partial charge on any atom is 0.261 e. The number of ether oxygens (including phenoxy) is 1. The minimum atomic E-state index is -3.47. The van der Waals surface area contributed by atoms with Crippen molar-refractivity contribution in [3.05, 3.63) is 51.5 Å². The number of aromatic nitrogens is 1. The number of carbonyl (C=O) groups is 2. The summed E-state index contributed by atoms with van der Waals surface area (Å²) in [4.78, 5) is 30.6. The van der Waals surface area contributed by atoms with Crippen molar-refractivity contribution >= 4 is 33.2 Å². The number of carbonyl (C=O) groups excluding carboxylic acids is 2. The van der Waals surface area contributed by atoms with E-state index in [0.717, 1.165) is 14.8 Å². The molecule has 0 fully saturated rings. The Morgan fingerprint density at radius 3 is 2.36 bits per heavy atom. The van der Waals surface area contributed by atoms with E-state index in [2.05, 4.69) is 4.98 Å². The summed E-state index contributed by atoms with van der Waals surface area (Å²) in [6.45, 7) is 2.28. The number of hydrogen-bond acceptors (Lipinski definition) is 7. The van der Waals surface area contributed by atoms with Crippen molar-refractivity contribution in [3.63, 3.8) is 0 Å². The third-order valence-corrected chi connectivity index (χ3v) is 7.00. The highest BCUT2D eigenvalue weighted by molar-refractivity contribution is 7.89. The Hall–Kier alpha value is -2.14. The summed E-state index contributed by atoms with van der Waals surface area (Å²) >= 11 is 1.46. The van der Waals surface area contributed by atoms with Crippen LogP contribution in [0.3, 0.4) is 0 Å². The zero-order valence-corrected chi connectivity index (χ0v) is 17.3. The Labute approximate surface area is 167 Å². The molecule has 1 aliphatic heterocycles. The van der Waals surface area contributed by atoms with Gasteiger partial charge in [-0.25, -0.2) is 13.4 Å². The van der Waals surface area contributed by atoms with Crippen molar-refractivity contribution in [2.24, 2.45) is 0 Å². The molecule has 0 atom stereocenters. The fraction of sp³-hybridized carbons (Fsp3) is 0.389. The zero-order chi connectivity index (χ0) is 20.3. The van der Waals surface area contributed by atoms with E-state index >= 15 is 0 Å². The lowest BCUT2D eigenvalue weighted by atomic mass is 10.1. The number of hydrogen-bond donors (Lipinski definition) is 0. The van der Waals surface area contributed by atoms with Gasteiger partial charge in [-0.1, -0.05) is 12.1 Å². The monoisotopic (exact) mass is 423 g/mol. The molecule has 1 aromatic carbocycles. The lowest BCUT2D eigenvalue weighted by Crippen LogP contribution is -2.34. The summed E-state index contributed by atoms with van der Waals surface area (Å²) < 4.78 is 31.3. The second-order valence-electron chi connectivity index (χ2n) is 6.34. The van der Waals surface area contributed by atoms with Crippen LogP contribution in [0.2, 0.25) is 0 Å². The van der Waals surface area contributed by atoms with E-state index in [1.807, 2.05) is 6.92 Å². The quantitative estimate of drug-likeness (QED) is 0.448. The van der Waals surface area contributed by atoms with Gasteiger partial charge in [0.05, 0.1) is 41.6 Å². The van der Waals surface area contributed by atoms with Crippen molar-refractivity contribution in [1.82, 2.24) is 14.2 Å². The first-order chi connectivity index (χ1) is 13.3. The zero-order valence-electron chi connectivity index (χ0n) is 15.6. The average Bonchev–Trinajstić information content (AvgIpc) is 3.17. The summed E-state index contributed by atoms with van der Waals surface area (Å²) in [6.07, 6.45) is 1.67. The second-order valence-corrected chi connectivity index (χ2v) is 9.85. The molecular weight excluding hydrogens is 402 g/mol. The predicted molar refractivity (Wildman–Crippen MR) is 105 cm³/mol. The van der Waals surface area contributed by atoms with Gasteiger partial charge < -0.3 is 4.74 Å². The first-order valence-electron chi connectivity index (χ1n) is 8.68. The number of sulfonamides is 1. The molecule has 2 amide bonds. The predicted octanol–water partition coefficient (Wildman–Crippen LogP) is 1.53. The molecule has 1 aromatic heterocycles. The van der Waals surface area contributed by atoms with E-state index in [1.54, 1.807) is 30.5 Å².